The van der Waals surface area contributed by atoms with Crippen molar-refractivity contribution in [2.24, 2.45) is 0 Å². The lowest BCUT2D eigenvalue weighted by Crippen LogP contribution is -2.39. The van der Waals surface area contributed by atoms with Gasteiger partial charge in [0.2, 0.25) is 0 Å². The topological polar surface area (TPSA) is 110 Å². The quantitative estimate of drug-likeness (QED) is 0.411. The van der Waals surface area contributed by atoms with E-state index in [1.807, 2.05) is 30.3 Å². The third kappa shape index (κ3) is 5.50. The molecule has 7 nitrogen and oxygen atoms in total. The van der Waals surface area contributed by atoms with E-state index in [0.29, 0.717) is 12.0 Å². The number of aliphatic carboxylic acids is 1. The van der Waals surface area contributed by atoms with Crippen LogP contribution in [0.15, 0.2) is 54.6 Å². The Labute approximate surface area is 144 Å². The van der Waals surface area contributed by atoms with Gasteiger partial charge in [-0.25, -0.2) is 0 Å². The molecule has 0 bridgehead atoms. The van der Waals surface area contributed by atoms with E-state index < -0.39 is 16.9 Å². The summed E-state index contributed by atoms with van der Waals surface area (Å²) in [4.78, 5) is 33.5. The van der Waals surface area contributed by atoms with Crippen LogP contribution in [0.2, 0.25) is 0 Å². The summed E-state index contributed by atoms with van der Waals surface area (Å²) in [5, 5.41) is 22.8. The van der Waals surface area contributed by atoms with Gasteiger partial charge in [-0.3, -0.25) is 19.7 Å². The van der Waals surface area contributed by atoms with Gasteiger partial charge in [0.1, 0.15) is 6.04 Å². The largest absolute Gasteiger partial charge is 0.480 e. The molecule has 0 fully saturated rings. The lowest BCUT2D eigenvalue weighted by atomic mass is 10.0. The van der Waals surface area contributed by atoms with Crippen molar-refractivity contribution in [3.63, 3.8) is 0 Å². The second-order valence-electron chi connectivity index (χ2n) is 5.51. The molecule has 2 aromatic carbocycles. The van der Waals surface area contributed by atoms with Gasteiger partial charge in [-0.2, -0.15) is 0 Å². The van der Waals surface area contributed by atoms with Crippen molar-refractivity contribution < 1.29 is 19.6 Å². The Morgan fingerprint density at radius 2 is 1.72 bits per heavy atom. The predicted molar refractivity (Wildman–Crippen MR) is 91.6 cm³/mol. The minimum Gasteiger partial charge on any atom is -0.480 e. The highest BCUT2D eigenvalue weighted by molar-refractivity contribution is 5.96. The van der Waals surface area contributed by atoms with Crippen molar-refractivity contribution in [1.82, 2.24) is 5.32 Å². The summed E-state index contributed by atoms with van der Waals surface area (Å²) in [5.41, 5.74) is 1.18. The normalized spacial score (nSPS) is 11.7. The molecule has 2 rings (SSSR count). The maximum Gasteiger partial charge on any atom is 0.321 e. The summed E-state index contributed by atoms with van der Waals surface area (Å²) in [6.07, 6.45) is 0.429. The highest BCUT2D eigenvalue weighted by Crippen LogP contribution is 2.13. The number of ketones is 1. The van der Waals surface area contributed by atoms with Crippen LogP contribution in [0.3, 0.4) is 0 Å². The number of nitrogens with zero attached hydrogens (tertiary/aromatic N) is 1. The van der Waals surface area contributed by atoms with E-state index >= 15 is 0 Å². The van der Waals surface area contributed by atoms with Gasteiger partial charge in [-0.1, -0.05) is 30.3 Å². The highest BCUT2D eigenvalue weighted by Gasteiger charge is 2.18. The lowest BCUT2D eigenvalue weighted by molar-refractivity contribution is -0.384. The average molecular weight is 342 g/mol. The predicted octanol–water partition coefficient (Wildman–Crippen LogP) is 2.45. The van der Waals surface area contributed by atoms with E-state index in [1.165, 1.54) is 24.3 Å². The molecule has 0 unspecified atom stereocenters. The summed E-state index contributed by atoms with van der Waals surface area (Å²) < 4.78 is 0. The molecule has 2 N–H and O–H groups in total. The third-order valence-electron chi connectivity index (χ3n) is 3.72. The lowest BCUT2D eigenvalue weighted by Gasteiger charge is -2.14. The number of nitro benzene ring substituents is 1. The first-order valence-electron chi connectivity index (χ1n) is 7.75. The SMILES string of the molecule is O=C(CCN[C@H](Cc1ccccc1)C(=O)O)c1ccc([N+](=O)[O-])cc1. The van der Waals surface area contributed by atoms with Crippen molar-refractivity contribution in [3.05, 3.63) is 75.8 Å². The van der Waals surface area contributed by atoms with E-state index in [-0.39, 0.29) is 24.4 Å². The van der Waals surface area contributed by atoms with Crippen molar-refractivity contribution in [3.8, 4) is 0 Å². The Bertz CT molecular complexity index is 744. The first-order valence-corrected chi connectivity index (χ1v) is 7.75. The van der Waals surface area contributed by atoms with Crippen LogP contribution in [-0.4, -0.2) is 34.4 Å². The van der Waals surface area contributed by atoms with Crippen molar-refractivity contribution in [1.29, 1.82) is 0 Å². The zero-order chi connectivity index (χ0) is 18.2. The number of hydrogen-bond donors (Lipinski definition) is 2. The molecule has 2 aromatic rings. The van der Waals surface area contributed by atoms with Gasteiger partial charge in [-0.05, 0) is 24.1 Å². The Kier molecular flexibility index (Phi) is 6.36. The van der Waals surface area contributed by atoms with Crippen LogP contribution >= 0.6 is 0 Å². The molecule has 0 amide bonds. The number of carboxylic acid groups (broad SMARTS) is 1. The molecule has 0 saturated carbocycles. The summed E-state index contributed by atoms with van der Waals surface area (Å²) in [6.45, 7) is 0.208. The average Bonchev–Trinajstić information content (AvgIpc) is 2.61. The molecule has 0 saturated heterocycles. The first-order chi connectivity index (χ1) is 12.0. The summed E-state index contributed by atoms with van der Waals surface area (Å²) in [7, 11) is 0. The van der Waals surface area contributed by atoms with Gasteiger partial charge >= 0.3 is 5.97 Å². The number of carbonyl (C=O) groups is 2. The number of Topliss-reactive ketones (excluding diaryl/α,β-unsaturated/α-hetero) is 1. The van der Waals surface area contributed by atoms with Crippen LogP contribution in [0.5, 0.6) is 0 Å². The van der Waals surface area contributed by atoms with Gasteiger partial charge in [0, 0.05) is 30.7 Å². The van der Waals surface area contributed by atoms with Gasteiger partial charge in [-0.15, -0.1) is 0 Å². The van der Waals surface area contributed by atoms with Gasteiger partial charge in [0.05, 0.1) is 4.92 Å². The van der Waals surface area contributed by atoms with E-state index in [2.05, 4.69) is 5.32 Å². The number of non-ortho nitro benzene ring substituents is 1. The first kappa shape index (κ1) is 18.3. The fraction of sp³-hybridized carbons (Fsp3) is 0.222. The van der Waals surface area contributed by atoms with Crippen LogP contribution in [0, 0.1) is 10.1 Å². The molecule has 25 heavy (non-hydrogen) atoms. The fourth-order valence-corrected chi connectivity index (χ4v) is 2.37. The summed E-state index contributed by atoms with van der Waals surface area (Å²) in [5.74, 6) is -1.18. The summed E-state index contributed by atoms with van der Waals surface area (Å²) in [6, 6.07) is 13.8. The second-order valence-corrected chi connectivity index (χ2v) is 5.51. The zero-order valence-corrected chi connectivity index (χ0v) is 13.4. The minimum absolute atomic E-state index is 0.0801. The molecule has 130 valence electrons. The van der Waals surface area contributed by atoms with E-state index in [9.17, 15) is 24.8 Å². The zero-order valence-electron chi connectivity index (χ0n) is 13.4. The molecule has 1 atom stereocenters. The number of hydrogen-bond acceptors (Lipinski definition) is 5. The van der Waals surface area contributed by atoms with Crippen LogP contribution in [0.25, 0.3) is 0 Å². The van der Waals surface area contributed by atoms with Crippen LogP contribution < -0.4 is 5.32 Å². The third-order valence-corrected chi connectivity index (χ3v) is 3.72. The smallest absolute Gasteiger partial charge is 0.321 e. The molecule has 0 aliphatic heterocycles. The Morgan fingerprint density at radius 1 is 1.08 bits per heavy atom. The van der Waals surface area contributed by atoms with Crippen molar-refractivity contribution in [2.75, 3.05) is 6.54 Å². The molecule has 0 heterocycles. The Balaban J connectivity index is 1.87. The molecular formula is C18H18N2O5. The van der Waals surface area contributed by atoms with Crippen LogP contribution in [0.1, 0.15) is 22.3 Å². The van der Waals surface area contributed by atoms with Gasteiger partial charge in [0.25, 0.3) is 5.69 Å². The number of carboxylic acids is 1. The van der Waals surface area contributed by atoms with Crippen LogP contribution in [-0.2, 0) is 11.2 Å². The molecule has 0 aromatic heterocycles. The van der Waals surface area contributed by atoms with Gasteiger partial charge in [0.15, 0.2) is 5.78 Å². The monoisotopic (exact) mass is 342 g/mol. The molecule has 7 heteroatoms. The number of carbonyl (C=O) groups excluding carboxylic acids is 1. The molecular weight excluding hydrogens is 324 g/mol. The van der Waals surface area contributed by atoms with E-state index in [1.54, 1.807) is 0 Å². The van der Waals surface area contributed by atoms with Crippen LogP contribution in [0.4, 0.5) is 5.69 Å². The highest BCUT2D eigenvalue weighted by atomic mass is 16.6. The molecule has 0 aliphatic carbocycles. The van der Waals surface area contributed by atoms with Crippen molar-refractivity contribution >= 4 is 17.4 Å². The molecule has 0 spiro atoms. The standard InChI is InChI=1S/C18H18N2O5/c21-17(14-6-8-15(9-7-14)20(24)25)10-11-19-16(18(22)23)12-13-4-2-1-3-5-13/h1-9,16,19H,10-12H2,(H,22,23)/t16-/m1/s1. The number of nitro groups is 1. The summed E-state index contributed by atoms with van der Waals surface area (Å²) >= 11 is 0. The number of nitrogens with one attached hydrogen (secondary N) is 1. The van der Waals surface area contributed by atoms with E-state index in [0.717, 1.165) is 5.56 Å². The number of rotatable bonds is 9. The minimum atomic E-state index is -0.980. The Morgan fingerprint density at radius 3 is 2.28 bits per heavy atom. The maximum atomic E-state index is 12.1. The molecule has 0 radical (unpaired) electrons. The Hall–Kier alpha value is -3.06. The number of benzene rings is 2. The molecule has 0 aliphatic rings. The van der Waals surface area contributed by atoms with E-state index in [4.69, 9.17) is 0 Å². The van der Waals surface area contributed by atoms with Gasteiger partial charge < -0.3 is 10.4 Å². The second kappa shape index (κ2) is 8.70. The maximum absolute atomic E-state index is 12.1. The van der Waals surface area contributed by atoms with Crippen molar-refractivity contribution in [2.45, 2.75) is 18.9 Å². The fourth-order valence-electron chi connectivity index (χ4n) is 2.37.